The fraction of sp³-hybridized carbons (Fsp3) is 0.417. The van der Waals surface area contributed by atoms with Gasteiger partial charge in [-0.25, -0.2) is 0 Å². The molecule has 178 valence electrons. The molecule has 2 aromatic carbocycles. The third kappa shape index (κ3) is 8.37. The molecule has 2 rings (SSSR count). The molecular formula is C24H30ClN3O4S. The van der Waals surface area contributed by atoms with Crippen molar-refractivity contribution in [2.75, 3.05) is 12.3 Å². The van der Waals surface area contributed by atoms with Gasteiger partial charge < -0.3 is 10.2 Å². The largest absolute Gasteiger partial charge is 0.354 e. The minimum Gasteiger partial charge on any atom is -0.354 e. The van der Waals surface area contributed by atoms with E-state index in [1.165, 1.54) is 23.9 Å². The summed E-state index contributed by atoms with van der Waals surface area (Å²) in [4.78, 5) is 38.0. The van der Waals surface area contributed by atoms with Gasteiger partial charge in [0.25, 0.3) is 5.69 Å². The number of hydrogen-bond donors (Lipinski definition) is 1. The molecule has 0 aliphatic carbocycles. The lowest BCUT2D eigenvalue weighted by Gasteiger charge is -2.31. The zero-order chi connectivity index (χ0) is 24.2. The zero-order valence-corrected chi connectivity index (χ0v) is 20.5. The molecule has 0 unspecified atom stereocenters. The number of carbonyl (C=O) groups excluding carboxylic acids is 2. The Morgan fingerprint density at radius 1 is 1.15 bits per heavy atom. The van der Waals surface area contributed by atoms with Gasteiger partial charge in [0.2, 0.25) is 11.8 Å². The van der Waals surface area contributed by atoms with E-state index in [0.717, 1.165) is 24.0 Å². The van der Waals surface area contributed by atoms with Gasteiger partial charge in [0, 0.05) is 36.0 Å². The van der Waals surface area contributed by atoms with Crippen molar-refractivity contribution >= 4 is 40.9 Å². The summed E-state index contributed by atoms with van der Waals surface area (Å²) < 4.78 is 0. The molecule has 7 nitrogen and oxygen atoms in total. The van der Waals surface area contributed by atoms with Crippen LogP contribution in [0.4, 0.5) is 5.69 Å². The summed E-state index contributed by atoms with van der Waals surface area (Å²) in [5.41, 5.74) is 1.71. The number of thioether (sulfide) groups is 1. The van der Waals surface area contributed by atoms with Crippen molar-refractivity contribution < 1.29 is 14.5 Å². The van der Waals surface area contributed by atoms with E-state index < -0.39 is 11.0 Å². The Bertz CT molecular complexity index is 940. The first kappa shape index (κ1) is 26.7. The number of amides is 2. The zero-order valence-electron chi connectivity index (χ0n) is 19.0. The highest BCUT2D eigenvalue weighted by molar-refractivity contribution is 7.99. The highest BCUT2D eigenvalue weighted by Gasteiger charge is 2.28. The van der Waals surface area contributed by atoms with Gasteiger partial charge >= 0.3 is 0 Å². The Morgan fingerprint density at radius 2 is 1.85 bits per heavy atom. The molecule has 0 aliphatic rings. The van der Waals surface area contributed by atoms with Crippen LogP contribution in [0.25, 0.3) is 0 Å². The van der Waals surface area contributed by atoms with Gasteiger partial charge in [-0.2, -0.15) is 0 Å². The van der Waals surface area contributed by atoms with Crippen molar-refractivity contribution in [3.05, 3.63) is 74.8 Å². The standard InChI is InChI=1S/C24H30ClN3O4S/c1-3-5-14-26-24(30)22(4-2)27(15-19-8-6-7-9-21(19)25)23(29)17-33-16-18-10-12-20(13-11-18)28(31)32/h6-13,22H,3-5,14-17H2,1-2H3,(H,26,30)/t22-/m0/s1. The first-order valence-electron chi connectivity index (χ1n) is 11.0. The molecule has 1 atom stereocenters. The van der Waals surface area contributed by atoms with E-state index in [1.807, 2.05) is 25.1 Å². The van der Waals surface area contributed by atoms with Crippen LogP contribution in [0.5, 0.6) is 0 Å². The SMILES string of the molecule is CCCCNC(=O)[C@H](CC)N(Cc1ccccc1Cl)C(=O)CSCc1ccc([N+](=O)[O-])cc1. The van der Waals surface area contributed by atoms with E-state index in [9.17, 15) is 19.7 Å². The molecule has 0 bridgehead atoms. The summed E-state index contributed by atoms with van der Waals surface area (Å²) in [6.07, 6.45) is 2.34. The molecule has 0 aliphatic heterocycles. The Balaban J connectivity index is 2.10. The predicted octanol–water partition coefficient (Wildman–Crippen LogP) is 5.21. The van der Waals surface area contributed by atoms with Crippen LogP contribution in [0.15, 0.2) is 48.5 Å². The molecule has 33 heavy (non-hydrogen) atoms. The number of nitrogens with zero attached hydrogens (tertiary/aromatic N) is 2. The summed E-state index contributed by atoms with van der Waals surface area (Å²) in [7, 11) is 0. The van der Waals surface area contributed by atoms with E-state index >= 15 is 0 Å². The minimum absolute atomic E-state index is 0.0330. The van der Waals surface area contributed by atoms with Gasteiger partial charge in [0.05, 0.1) is 10.7 Å². The maximum absolute atomic E-state index is 13.2. The lowest BCUT2D eigenvalue weighted by atomic mass is 10.1. The molecular weight excluding hydrogens is 462 g/mol. The number of unbranched alkanes of at least 4 members (excludes halogenated alkanes) is 1. The second-order valence-electron chi connectivity index (χ2n) is 7.60. The number of nitro groups is 1. The number of carbonyl (C=O) groups is 2. The summed E-state index contributed by atoms with van der Waals surface area (Å²) in [5.74, 6) is 0.398. The molecule has 9 heteroatoms. The molecule has 2 aromatic rings. The van der Waals surface area contributed by atoms with Crippen LogP contribution in [-0.2, 0) is 21.9 Å². The molecule has 0 saturated carbocycles. The number of nitro benzene ring substituents is 1. The van der Waals surface area contributed by atoms with Crippen LogP contribution in [0, 0.1) is 10.1 Å². The number of halogens is 1. The maximum Gasteiger partial charge on any atom is 0.269 e. The lowest BCUT2D eigenvalue weighted by Crippen LogP contribution is -2.49. The highest BCUT2D eigenvalue weighted by atomic mass is 35.5. The number of nitrogens with one attached hydrogen (secondary N) is 1. The van der Waals surface area contributed by atoms with Crippen molar-refractivity contribution in [3.8, 4) is 0 Å². The number of benzene rings is 2. The van der Waals surface area contributed by atoms with Gasteiger partial charge in [-0.05, 0) is 30.0 Å². The van der Waals surface area contributed by atoms with Crippen LogP contribution < -0.4 is 5.32 Å². The number of non-ortho nitro benzene ring substituents is 1. The van der Waals surface area contributed by atoms with Crippen molar-refractivity contribution in [3.63, 3.8) is 0 Å². The summed E-state index contributed by atoms with van der Waals surface area (Å²) in [6.45, 7) is 4.77. The van der Waals surface area contributed by atoms with Gasteiger partial charge in [-0.15, -0.1) is 11.8 Å². The lowest BCUT2D eigenvalue weighted by molar-refractivity contribution is -0.384. The second kappa shape index (κ2) is 13.9. The summed E-state index contributed by atoms with van der Waals surface area (Å²) in [5, 5.41) is 14.3. The van der Waals surface area contributed by atoms with E-state index in [4.69, 9.17) is 11.6 Å². The molecule has 0 saturated heterocycles. The average molecular weight is 492 g/mol. The molecule has 0 radical (unpaired) electrons. The van der Waals surface area contributed by atoms with Crippen LogP contribution in [0.1, 0.15) is 44.2 Å². The summed E-state index contributed by atoms with van der Waals surface area (Å²) in [6, 6.07) is 13.0. The molecule has 2 amide bonds. The van der Waals surface area contributed by atoms with Crippen molar-refractivity contribution in [1.29, 1.82) is 0 Å². The number of rotatable bonds is 13. The van der Waals surface area contributed by atoms with Gasteiger partial charge in [-0.1, -0.05) is 62.2 Å². The van der Waals surface area contributed by atoms with Crippen LogP contribution in [-0.4, -0.2) is 40.0 Å². The minimum atomic E-state index is -0.592. The van der Waals surface area contributed by atoms with E-state index in [-0.39, 0.29) is 29.8 Å². The Morgan fingerprint density at radius 3 is 2.45 bits per heavy atom. The monoisotopic (exact) mass is 491 g/mol. The van der Waals surface area contributed by atoms with Crippen LogP contribution in [0.2, 0.25) is 5.02 Å². The predicted molar refractivity (Wildman–Crippen MR) is 133 cm³/mol. The first-order chi connectivity index (χ1) is 15.9. The van der Waals surface area contributed by atoms with Crippen LogP contribution in [0.3, 0.4) is 0 Å². The molecule has 0 aromatic heterocycles. The fourth-order valence-corrected chi connectivity index (χ4v) is 4.35. The molecule has 1 N–H and O–H groups in total. The van der Waals surface area contributed by atoms with Crippen molar-refractivity contribution in [2.45, 2.75) is 51.4 Å². The van der Waals surface area contributed by atoms with E-state index in [0.29, 0.717) is 23.7 Å². The second-order valence-corrected chi connectivity index (χ2v) is 8.99. The highest BCUT2D eigenvalue weighted by Crippen LogP contribution is 2.22. The van der Waals surface area contributed by atoms with E-state index in [1.54, 1.807) is 23.1 Å². The van der Waals surface area contributed by atoms with Crippen molar-refractivity contribution in [2.24, 2.45) is 0 Å². The average Bonchev–Trinajstić information content (AvgIpc) is 2.80. The third-order valence-electron chi connectivity index (χ3n) is 5.16. The van der Waals surface area contributed by atoms with E-state index in [2.05, 4.69) is 12.2 Å². The third-order valence-corrected chi connectivity index (χ3v) is 6.51. The Kier molecular flexibility index (Phi) is 11.2. The smallest absolute Gasteiger partial charge is 0.269 e. The number of hydrogen-bond acceptors (Lipinski definition) is 5. The van der Waals surface area contributed by atoms with Gasteiger partial charge in [-0.3, -0.25) is 19.7 Å². The first-order valence-corrected chi connectivity index (χ1v) is 12.5. The van der Waals surface area contributed by atoms with Gasteiger partial charge in [0.1, 0.15) is 6.04 Å². The van der Waals surface area contributed by atoms with Gasteiger partial charge in [0.15, 0.2) is 0 Å². The fourth-order valence-electron chi connectivity index (χ4n) is 3.29. The van der Waals surface area contributed by atoms with Crippen LogP contribution >= 0.6 is 23.4 Å². The summed E-state index contributed by atoms with van der Waals surface area (Å²) >= 11 is 7.74. The molecule has 0 fully saturated rings. The maximum atomic E-state index is 13.2. The quantitative estimate of drug-likeness (QED) is 0.236. The Hall–Kier alpha value is -2.58. The molecule has 0 heterocycles. The topological polar surface area (TPSA) is 92.6 Å². The normalized spacial score (nSPS) is 11.6. The van der Waals surface area contributed by atoms with Crippen molar-refractivity contribution in [1.82, 2.24) is 10.2 Å². The molecule has 0 spiro atoms. The Labute approximate surface area is 204 Å².